The zero-order chi connectivity index (χ0) is 7.56. The molecule has 1 rings (SSSR count). The van der Waals surface area contributed by atoms with Gasteiger partial charge in [-0.05, 0) is 22.0 Å². The summed E-state index contributed by atoms with van der Waals surface area (Å²) in [6.07, 6.45) is 1.61. The summed E-state index contributed by atoms with van der Waals surface area (Å²) in [4.78, 5) is 4.01. The lowest BCUT2D eigenvalue weighted by Gasteiger charge is -2.01. The number of rotatable bonds is 1. The maximum Gasteiger partial charge on any atom is 0.140 e. The van der Waals surface area contributed by atoms with Crippen molar-refractivity contribution in [3.8, 4) is 0 Å². The number of anilines is 2. The van der Waals surface area contributed by atoms with Gasteiger partial charge in [0.15, 0.2) is 0 Å². The SMILES string of the molecule is CNc1ncc(N)cc1Br. The average Bonchev–Trinajstić information content (AvgIpc) is 1.88. The highest BCUT2D eigenvalue weighted by Gasteiger charge is 1.96. The predicted octanol–water partition coefficient (Wildman–Crippen LogP) is 1.47. The molecule has 1 aromatic rings. The predicted molar refractivity (Wildman–Crippen MR) is 45.9 cm³/mol. The minimum absolute atomic E-state index is 0.658. The normalized spacial score (nSPS) is 9.40. The Labute approximate surface area is 67.8 Å². The van der Waals surface area contributed by atoms with Gasteiger partial charge >= 0.3 is 0 Å². The molecule has 0 saturated carbocycles. The molecule has 0 aliphatic rings. The molecule has 0 saturated heterocycles. The molecule has 0 fully saturated rings. The lowest BCUT2D eigenvalue weighted by Crippen LogP contribution is -1.94. The van der Waals surface area contributed by atoms with Crippen molar-refractivity contribution in [2.24, 2.45) is 0 Å². The van der Waals surface area contributed by atoms with Crippen LogP contribution in [-0.4, -0.2) is 12.0 Å². The molecule has 0 atom stereocenters. The summed E-state index contributed by atoms with van der Waals surface area (Å²) < 4.78 is 0.884. The Bertz CT molecular complexity index is 236. The van der Waals surface area contributed by atoms with Crippen molar-refractivity contribution >= 4 is 27.4 Å². The highest BCUT2D eigenvalue weighted by Crippen LogP contribution is 2.20. The van der Waals surface area contributed by atoms with Crippen molar-refractivity contribution in [3.63, 3.8) is 0 Å². The number of halogens is 1. The molecule has 0 bridgehead atoms. The number of hydrogen-bond acceptors (Lipinski definition) is 3. The number of aromatic nitrogens is 1. The molecule has 0 amide bonds. The Balaban J connectivity index is 3.07. The second-order valence-electron chi connectivity index (χ2n) is 1.85. The monoisotopic (exact) mass is 201 g/mol. The first kappa shape index (κ1) is 7.34. The summed E-state index contributed by atoms with van der Waals surface area (Å²) in [7, 11) is 1.81. The number of nitrogens with zero attached hydrogens (tertiary/aromatic N) is 1. The van der Waals surface area contributed by atoms with E-state index in [-0.39, 0.29) is 0 Å². The van der Waals surface area contributed by atoms with Gasteiger partial charge in [0, 0.05) is 7.05 Å². The Morgan fingerprint density at radius 2 is 2.40 bits per heavy atom. The van der Waals surface area contributed by atoms with Gasteiger partial charge in [0.25, 0.3) is 0 Å². The van der Waals surface area contributed by atoms with Crippen molar-refractivity contribution in [2.45, 2.75) is 0 Å². The molecule has 3 N–H and O–H groups in total. The minimum Gasteiger partial charge on any atom is -0.397 e. The summed E-state index contributed by atoms with van der Waals surface area (Å²) in [6.45, 7) is 0. The van der Waals surface area contributed by atoms with Crippen LogP contribution < -0.4 is 11.1 Å². The third-order valence-electron chi connectivity index (χ3n) is 1.10. The van der Waals surface area contributed by atoms with E-state index >= 15 is 0 Å². The number of nitrogens with two attached hydrogens (primary N) is 1. The van der Waals surface area contributed by atoms with Crippen molar-refractivity contribution < 1.29 is 0 Å². The van der Waals surface area contributed by atoms with E-state index in [1.165, 1.54) is 0 Å². The maximum atomic E-state index is 5.46. The van der Waals surface area contributed by atoms with Crippen LogP contribution in [0.3, 0.4) is 0 Å². The van der Waals surface area contributed by atoms with E-state index in [9.17, 15) is 0 Å². The zero-order valence-electron chi connectivity index (χ0n) is 5.56. The van der Waals surface area contributed by atoms with E-state index in [0.717, 1.165) is 10.3 Å². The Kier molecular flexibility index (Phi) is 2.11. The molecule has 0 aliphatic heterocycles. The number of nitrogens with one attached hydrogen (secondary N) is 1. The highest BCUT2D eigenvalue weighted by atomic mass is 79.9. The van der Waals surface area contributed by atoms with Crippen molar-refractivity contribution in [1.29, 1.82) is 0 Å². The summed E-state index contributed by atoms with van der Waals surface area (Å²) >= 11 is 3.30. The topological polar surface area (TPSA) is 50.9 Å². The second-order valence-corrected chi connectivity index (χ2v) is 2.70. The maximum absolute atomic E-state index is 5.46. The minimum atomic E-state index is 0.658. The molecule has 1 aromatic heterocycles. The number of hydrogen-bond donors (Lipinski definition) is 2. The van der Waals surface area contributed by atoms with Gasteiger partial charge in [0.05, 0.1) is 16.4 Å². The fourth-order valence-corrected chi connectivity index (χ4v) is 1.20. The van der Waals surface area contributed by atoms with Crippen LogP contribution in [0.5, 0.6) is 0 Å². The third kappa shape index (κ3) is 1.39. The largest absolute Gasteiger partial charge is 0.397 e. The van der Waals surface area contributed by atoms with E-state index < -0.39 is 0 Å². The highest BCUT2D eigenvalue weighted by molar-refractivity contribution is 9.10. The average molecular weight is 202 g/mol. The number of pyridine rings is 1. The summed E-state index contributed by atoms with van der Waals surface area (Å²) in [5.41, 5.74) is 6.12. The van der Waals surface area contributed by atoms with E-state index in [4.69, 9.17) is 5.73 Å². The molecule has 0 unspecified atom stereocenters. The van der Waals surface area contributed by atoms with Gasteiger partial charge in [-0.3, -0.25) is 0 Å². The lowest BCUT2D eigenvalue weighted by atomic mass is 10.4. The Morgan fingerprint density at radius 1 is 1.70 bits per heavy atom. The molecule has 10 heavy (non-hydrogen) atoms. The van der Waals surface area contributed by atoms with Crippen molar-refractivity contribution in [3.05, 3.63) is 16.7 Å². The van der Waals surface area contributed by atoms with Crippen LogP contribution in [0, 0.1) is 0 Å². The summed E-state index contributed by atoms with van der Waals surface area (Å²) in [5, 5.41) is 2.91. The fourth-order valence-electron chi connectivity index (χ4n) is 0.637. The third-order valence-corrected chi connectivity index (χ3v) is 1.70. The van der Waals surface area contributed by atoms with Crippen LogP contribution in [0.4, 0.5) is 11.5 Å². The first-order valence-corrected chi connectivity index (χ1v) is 3.62. The van der Waals surface area contributed by atoms with Gasteiger partial charge in [-0.15, -0.1) is 0 Å². The smallest absolute Gasteiger partial charge is 0.140 e. The van der Waals surface area contributed by atoms with E-state index in [1.807, 2.05) is 7.05 Å². The summed E-state index contributed by atoms with van der Waals surface area (Å²) in [5.74, 6) is 0.800. The molecular weight excluding hydrogens is 194 g/mol. The first-order chi connectivity index (χ1) is 4.74. The Morgan fingerprint density at radius 3 is 2.90 bits per heavy atom. The van der Waals surface area contributed by atoms with Crippen LogP contribution >= 0.6 is 15.9 Å². The number of nitrogen functional groups attached to an aromatic ring is 1. The lowest BCUT2D eigenvalue weighted by molar-refractivity contribution is 1.27. The zero-order valence-corrected chi connectivity index (χ0v) is 7.14. The van der Waals surface area contributed by atoms with Crippen LogP contribution in [0.15, 0.2) is 16.7 Å². The molecule has 0 aromatic carbocycles. The molecule has 3 nitrogen and oxygen atoms in total. The van der Waals surface area contributed by atoms with Crippen LogP contribution in [-0.2, 0) is 0 Å². The van der Waals surface area contributed by atoms with Crippen molar-refractivity contribution in [1.82, 2.24) is 4.98 Å². The van der Waals surface area contributed by atoms with Gasteiger partial charge in [0.1, 0.15) is 5.82 Å². The molecule has 54 valence electrons. The van der Waals surface area contributed by atoms with Crippen molar-refractivity contribution in [2.75, 3.05) is 18.1 Å². The Hall–Kier alpha value is -0.770. The fraction of sp³-hybridized carbons (Fsp3) is 0.167. The molecule has 0 radical (unpaired) electrons. The quantitative estimate of drug-likeness (QED) is 0.724. The van der Waals surface area contributed by atoms with Crippen LogP contribution in [0.2, 0.25) is 0 Å². The molecular formula is C6H8BrN3. The van der Waals surface area contributed by atoms with Gasteiger partial charge < -0.3 is 11.1 Å². The standard InChI is InChI=1S/C6H8BrN3/c1-9-6-5(7)2-4(8)3-10-6/h2-3H,8H2,1H3,(H,9,10). The van der Waals surface area contributed by atoms with Gasteiger partial charge in [-0.2, -0.15) is 0 Å². The van der Waals surface area contributed by atoms with E-state index in [0.29, 0.717) is 5.69 Å². The van der Waals surface area contributed by atoms with Gasteiger partial charge in [-0.25, -0.2) is 4.98 Å². The molecule has 1 heterocycles. The first-order valence-electron chi connectivity index (χ1n) is 2.83. The second kappa shape index (κ2) is 2.88. The molecule has 4 heteroatoms. The van der Waals surface area contributed by atoms with Crippen LogP contribution in [0.1, 0.15) is 0 Å². The van der Waals surface area contributed by atoms with Crippen LogP contribution in [0.25, 0.3) is 0 Å². The van der Waals surface area contributed by atoms with Gasteiger partial charge in [-0.1, -0.05) is 0 Å². The van der Waals surface area contributed by atoms with E-state index in [1.54, 1.807) is 12.3 Å². The molecule has 0 spiro atoms. The van der Waals surface area contributed by atoms with Gasteiger partial charge in [0.2, 0.25) is 0 Å². The van der Waals surface area contributed by atoms with E-state index in [2.05, 4.69) is 26.2 Å². The molecule has 0 aliphatic carbocycles. The summed E-state index contributed by atoms with van der Waals surface area (Å²) in [6, 6.07) is 1.80.